The molecule has 0 amide bonds. The molecular formula is C19H20I2O3. The number of phenolic OH excluding ortho intramolecular Hbond substituents is 2. The number of hydrogen-bond acceptors (Lipinski definition) is 3. The molecule has 24 heavy (non-hydrogen) atoms. The van der Waals surface area contributed by atoms with Gasteiger partial charge < -0.3 is 10.2 Å². The van der Waals surface area contributed by atoms with Crippen molar-refractivity contribution in [3.63, 3.8) is 0 Å². The van der Waals surface area contributed by atoms with Crippen LogP contribution in [0.4, 0.5) is 0 Å². The molecule has 128 valence electrons. The number of carbonyl (C=O) groups excluding carboxylic acids is 1. The van der Waals surface area contributed by atoms with E-state index in [4.69, 9.17) is 0 Å². The Hall–Kier alpha value is -0.830. The molecule has 0 saturated carbocycles. The van der Waals surface area contributed by atoms with E-state index < -0.39 is 0 Å². The van der Waals surface area contributed by atoms with Gasteiger partial charge in [0.15, 0.2) is 0 Å². The van der Waals surface area contributed by atoms with E-state index in [1.165, 1.54) is 0 Å². The molecule has 0 bridgehead atoms. The van der Waals surface area contributed by atoms with Crippen LogP contribution >= 0.6 is 45.2 Å². The third kappa shape index (κ3) is 3.87. The molecule has 2 rings (SSSR count). The maximum Gasteiger partial charge on any atom is 0.147 e. The van der Waals surface area contributed by atoms with Crippen LogP contribution in [0.3, 0.4) is 0 Å². The standard InChI is InChI=1S/C19H20I2O3/c1-9-5-13(7-15(20)17(9)22)11(3)19(24)12(4)14-6-10(2)18(23)16(21)8-14/h5-8,11-12,22-23H,1-4H3. The molecule has 0 aliphatic rings. The summed E-state index contributed by atoms with van der Waals surface area (Å²) in [5.41, 5.74) is 3.38. The number of hydrogen-bond donors (Lipinski definition) is 2. The predicted octanol–water partition coefficient (Wildman–Crippen LogP) is 5.40. The Balaban J connectivity index is 2.34. The summed E-state index contributed by atoms with van der Waals surface area (Å²) in [6, 6.07) is 7.48. The van der Waals surface area contributed by atoms with Crippen LogP contribution in [0.5, 0.6) is 11.5 Å². The molecule has 0 spiro atoms. The van der Waals surface area contributed by atoms with E-state index in [0.29, 0.717) is 0 Å². The number of aromatic hydroxyl groups is 2. The van der Waals surface area contributed by atoms with Crippen molar-refractivity contribution < 1.29 is 15.0 Å². The van der Waals surface area contributed by atoms with Gasteiger partial charge in [-0.3, -0.25) is 4.79 Å². The second-order valence-corrected chi connectivity index (χ2v) is 8.51. The second kappa shape index (κ2) is 7.59. The number of Topliss-reactive ketones (excluding diaryl/α,β-unsaturated/α-hetero) is 1. The van der Waals surface area contributed by atoms with Crippen LogP contribution in [0.25, 0.3) is 0 Å². The number of carbonyl (C=O) groups is 1. The number of halogens is 2. The third-order valence-corrected chi connectivity index (χ3v) is 6.05. The maximum absolute atomic E-state index is 12.9. The molecule has 0 aliphatic carbocycles. The minimum Gasteiger partial charge on any atom is -0.507 e. The van der Waals surface area contributed by atoms with Crippen LogP contribution in [-0.4, -0.2) is 16.0 Å². The van der Waals surface area contributed by atoms with E-state index in [1.807, 2.05) is 52.0 Å². The summed E-state index contributed by atoms with van der Waals surface area (Å²) >= 11 is 4.17. The number of benzene rings is 2. The van der Waals surface area contributed by atoms with Crippen LogP contribution in [-0.2, 0) is 4.79 Å². The number of rotatable bonds is 4. The van der Waals surface area contributed by atoms with Crippen LogP contribution in [0.2, 0.25) is 0 Å². The first-order chi connectivity index (χ1) is 11.1. The lowest BCUT2D eigenvalue weighted by molar-refractivity contribution is -0.121. The van der Waals surface area contributed by atoms with Crippen LogP contribution in [0.1, 0.15) is 47.9 Å². The molecule has 0 saturated heterocycles. The summed E-state index contributed by atoms with van der Waals surface area (Å²) in [7, 11) is 0. The third-order valence-electron chi connectivity index (χ3n) is 4.41. The molecule has 2 atom stereocenters. The second-order valence-electron chi connectivity index (χ2n) is 6.18. The predicted molar refractivity (Wildman–Crippen MR) is 113 cm³/mol. The molecule has 2 N–H and O–H groups in total. The van der Waals surface area contributed by atoms with E-state index in [-0.39, 0.29) is 29.1 Å². The zero-order valence-electron chi connectivity index (χ0n) is 14.0. The molecule has 0 aromatic heterocycles. The van der Waals surface area contributed by atoms with Crippen LogP contribution in [0.15, 0.2) is 24.3 Å². The van der Waals surface area contributed by atoms with Gasteiger partial charge in [-0.15, -0.1) is 0 Å². The fourth-order valence-electron chi connectivity index (χ4n) is 2.73. The van der Waals surface area contributed by atoms with Crippen molar-refractivity contribution in [1.29, 1.82) is 0 Å². The Bertz CT molecular complexity index is 688. The van der Waals surface area contributed by atoms with E-state index in [1.54, 1.807) is 0 Å². The highest BCUT2D eigenvalue weighted by molar-refractivity contribution is 14.1. The van der Waals surface area contributed by atoms with Crippen LogP contribution in [0, 0.1) is 21.0 Å². The highest BCUT2D eigenvalue weighted by atomic mass is 127. The Kier molecular flexibility index (Phi) is 6.17. The smallest absolute Gasteiger partial charge is 0.147 e. The lowest BCUT2D eigenvalue weighted by Crippen LogP contribution is -2.17. The van der Waals surface area contributed by atoms with Gasteiger partial charge in [-0.1, -0.05) is 26.0 Å². The summed E-state index contributed by atoms with van der Waals surface area (Å²) in [4.78, 5) is 12.9. The lowest BCUT2D eigenvalue weighted by atomic mass is 9.85. The summed E-state index contributed by atoms with van der Waals surface area (Å²) in [6.07, 6.45) is 0. The highest BCUT2D eigenvalue weighted by Gasteiger charge is 2.24. The van der Waals surface area contributed by atoms with Gasteiger partial charge >= 0.3 is 0 Å². The zero-order valence-corrected chi connectivity index (χ0v) is 18.3. The van der Waals surface area contributed by atoms with E-state index >= 15 is 0 Å². The van der Waals surface area contributed by atoms with Gasteiger partial charge in [0.25, 0.3) is 0 Å². The molecule has 2 aromatic carbocycles. The van der Waals surface area contributed by atoms with Crippen molar-refractivity contribution in [2.24, 2.45) is 0 Å². The van der Waals surface area contributed by atoms with Gasteiger partial charge in [0.2, 0.25) is 0 Å². The van der Waals surface area contributed by atoms with E-state index in [9.17, 15) is 15.0 Å². The molecule has 0 radical (unpaired) electrons. The maximum atomic E-state index is 12.9. The molecule has 3 nitrogen and oxygen atoms in total. The van der Waals surface area contributed by atoms with E-state index in [0.717, 1.165) is 29.4 Å². The summed E-state index contributed by atoms with van der Waals surface area (Å²) in [5.74, 6) is 0.141. The molecule has 5 heteroatoms. The monoisotopic (exact) mass is 550 g/mol. The minimum absolute atomic E-state index is 0.122. The Morgan fingerprint density at radius 3 is 1.46 bits per heavy atom. The lowest BCUT2D eigenvalue weighted by Gasteiger charge is -2.19. The number of ketones is 1. The van der Waals surface area contributed by atoms with Gasteiger partial charge in [0, 0.05) is 11.8 Å². The summed E-state index contributed by atoms with van der Waals surface area (Å²) < 4.78 is 1.51. The van der Waals surface area contributed by atoms with Gasteiger partial charge in [0.1, 0.15) is 17.3 Å². The first-order valence-electron chi connectivity index (χ1n) is 7.65. The van der Waals surface area contributed by atoms with Crippen molar-refractivity contribution in [2.75, 3.05) is 0 Å². The SMILES string of the molecule is Cc1cc(C(C)C(=O)C(C)c2cc(C)c(O)c(I)c2)cc(I)c1O. The Labute approximate surface area is 169 Å². The van der Waals surface area contributed by atoms with Gasteiger partial charge in [0.05, 0.1) is 7.14 Å². The minimum atomic E-state index is -0.264. The molecule has 0 fully saturated rings. The van der Waals surface area contributed by atoms with Gasteiger partial charge in [-0.2, -0.15) is 0 Å². The van der Waals surface area contributed by atoms with Gasteiger partial charge in [-0.05, 0) is 93.4 Å². The molecule has 2 aromatic rings. The summed E-state index contributed by atoms with van der Waals surface area (Å²) in [6.45, 7) is 7.48. The Morgan fingerprint density at radius 2 is 1.17 bits per heavy atom. The Morgan fingerprint density at radius 1 is 0.833 bits per heavy atom. The average Bonchev–Trinajstić information content (AvgIpc) is 2.54. The fraction of sp³-hybridized carbons (Fsp3) is 0.316. The van der Waals surface area contributed by atoms with Crippen molar-refractivity contribution >= 4 is 51.0 Å². The van der Waals surface area contributed by atoms with Crippen molar-refractivity contribution in [1.82, 2.24) is 0 Å². The van der Waals surface area contributed by atoms with Crippen LogP contribution < -0.4 is 0 Å². The van der Waals surface area contributed by atoms with E-state index in [2.05, 4.69) is 45.2 Å². The summed E-state index contributed by atoms with van der Waals surface area (Å²) in [5, 5.41) is 19.8. The average molecular weight is 550 g/mol. The largest absolute Gasteiger partial charge is 0.507 e. The fourth-order valence-corrected chi connectivity index (χ4v) is 4.30. The molecule has 0 heterocycles. The quantitative estimate of drug-likeness (QED) is 0.502. The highest BCUT2D eigenvalue weighted by Crippen LogP contribution is 2.34. The van der Waals surface area contributed by atoms with Crippen molar-refractivity contribution in [3.8, 4) is 11.5 Å². The van der Waals surface area contributed by atoms with Crippen molar-refractivity contribution in [2.45, 2.75) is 39.5 Å². The molecule has 2 unspecified atom stereocenters. The first-order valence-corrected chi connectivity index (χ1v) is 9.81. The number of phenols is 2. The first kappa shape index (κ1) is 19.5. The number of aryl methyl sites for hydroxylation is 2. The molecular weight excluding hydrogens is 530 g/mol. The van der Waals surface area contributed by atoms with Crippen molar-refractivity contribution in [3.05, 3.63) is 53.7 Å². The van der Waals surface area contributed by atoms with Gasteiger partial charge in [-0.25, -0.2) is 0 Å². The molecule has 0 aliphatic heterocycles. The normalized spacial score (nSPS) is 13.6. The zero-order chi connectivity index (χ0) is 18.2. The topological polar surface area (TPSA) is 57.5 Å².